The smallest absolute Gasteiger partial charge is 0.136 e. The molecule has 0 atom stereocenters. The van der Waals surface area contributed by atoms with E-state index >= 15 is 0 Å². The summed E-state index contributed by atoms with van der Waals surface area (Å²) in [5.41, 5.74) is 14.7. The van der Waals surface area contributed by atoms with Gasteiger partial charge in [-0.05, 0) is 264 Å². The molecule has 0 N–H and O–H groups in total. The summed E-state index contributed by atoms with van der Waals surface area (Å²) < 4.78 is 234. The highest BCUT2D eigenvalue weighted by Crippen LogP contribution is 2.52. The van der Waals surface area contributed by atoms with Gasteiger partial charge >= 0.3 is 0 Å². The third kappa shape index (κ3) is 12.2. The molecule has 0 aliphatic rings. The minimum atomic E-state index is -0.428. The van der Waals surface area contributed by atoms with Crippen LogP contribution in [0.3, 0.4) is 0 Å². The van der Waals surface area contributed by atoms with Gasteiger partial charge < -0.3 is 13.3 Å². The monoisotopic (exact) mass is 1650 g/mol. The summed E-state index contributed by atoms with van der Waals surface area (Å²) in [6, 6.07) is 90.3. The second-order valence-electron chi connectivity index (χ2n) is 32.1. The number of hydrogen-bond donors (Lipinski definition) is 0. The summed E-state index contributed by atoms with van der Waals surface area (Å²) >= 11 is 0. The molecule has 0 fully saturated rings. The van der Waals surface area contributed by atoms with Crippen LogP contribution in [0.25, 0.3) is 263 Å². The Bertz CT molecular complexity index is 10500. The Morgan fingerprint density at radius 3 is 0.852 bits per heavy atom. The van der Waals surface area contributed by atoms with Crippen molar-refractivity contribution in [2.24, 2.45) is 0 Å². The first-order valence-corrected chi connectivity index (χ1v) is 42.1. The van der Waals surface area contributed by atoms with Gasteiger partial charge in [0.15, 0.2) is 0 Å². The molecule has 27 rings (SSSR count). The number of aryl methyl sites for hydroxylation is 1. The normalized spacial score (nSPS) is 14.4. The molecule has 0 saturated carbocycles. The molecular weight excluding hydrogens is 1550 g/mol. The Balaban J connectivity index is 0.000000118. The topological polar surface area (TPSA) is 39.4 Å². The molecule has 128 heavy (non-hydrogen) atoms. The lowest BCUT2D eigenvalue weighted by Crippen LogP contribution is -1.92. The van der Waals surface area contributed by atoms with Crippen LogP contribution in [0.5, 0.6) is 0 Å². The first kappa shape index (κ1) is 53.3. The van der Waals surface area contributed by atoms with Crippen molar-refractivity contribution in [1.29, 1.82) is 0 Å². The molecule has 3 heteroatoms. The highest BCUT2D eigenvalue weighted by Gasteiger charge is 2.25. The summed E-state index contributed by atoms with van der Waals surface area (Å²) in [5.74, 6) is 0. The fraction of sp³-hybridized carbons (Fsp3) is 0.00800. The van der Waals surface area contributed by atoms with E-state index in [4.69, 9.17) is 37.9 Å². The molecule has 3 aromatic heterocycles. The van der Waals surface area contributed by atoms with Gasteiger partial charge in [0.2, 0.25) is 0 Å². The molecule has 0 amide bonds. The second kappa shape index (κ2) is 30.4. The predicted octanol–water partition coefficient (Wildman–Crippen LogP) is 35.9. The number of rotatable bonds is 8. The van der Waals surface area contributed by atoms with Crippen molar-refractivity contribution < 1.29 is 46.1 Å². The Morgan fingerprint density at radius 1 is 0.164 bits per heavy atom. The molecule has 27 aromatic rings. The molecule has 3 heterocycles. The fourth-order valence-electron chi connectivity index (χ4n) is 19.3. The second-order valence-corrected chi connectivity index (χ2v) is 32.1. The van der Waals surface area contributed by atoms with Crippen LogP contribution in [0.1, 0.15) is 38.5 Å². The highest BCUT2D eigenvalue weighted by molar-refractivity contribution is 6.29. The van der Waals surface area contributed by atoms with Crippen LogP contribution in [0.2, 0.25) is 0 Å². The van der Waals surface area contributed by atoms with Crippen LogP contribution in [-0.2, 0) is 0 Å². The van der Waals surface area contributed by atoms with Crippen LogP contribution in [-0.4, -0.2) is 0 Å². The number of furan rings is 3. The molecule has 0 aliphatic heterocycles. The standard InChI is InChI=1S/C46H28O.C42H26O.C37H24O/c1-2-13-30(14-3-1)44-36-18-8-10-20-38(36)45(39-21-11-9-19-37(39)44)40-25-24-32(34-16-6-7-17-35(34)40)31-23-26-42-41(28-31)46-33-15-5-4-12-29(33)22-27-43(46)47-42;1-3-11-27(12-4-1)29-19-22-32-30(25-29)20-24-39-42(32)37-26-31(21-23-38(37)43-39)41-35-17-9-7-15-33(35)40(28-13-5-2-6-14-28)34-16-8-10-18-36(34)41;1-23-15-18-27-25(21-23)16-20-34-37(27)32-22-26(17-19-33(32)38-34)36-30-13-7-5-11-28(30)35(24-9-3-2-4-10-24)29-12-6-8-14-31(29)36/h1-28H;1-26H;2-22H,1H3/i8D,9D,10D,11D,18D,19D,20D,21D;7D,8D,9D,10D,15D,16D,17D,18D;5D,6D,7D,8D,11D,12D,13D,14D. The SMILES string of the molecule is [2H]c1c([2H])c([2H])c2c(-c3ccc(-c4ccc5oc6ccc7ccccc7c6c5c4)c4ccccc34)c3c([2H])c([2H])c([2H])c([2H])c3c(-c3ccccc3)c2c1[2H].[2H]c1c([2H])c([2H])c2c(-c3ccc4oc5ccc6cc(-c7ccccc7)ccc6c5c4c3)c3c([2H])c([2H])c([2H])c([2H])c3c(-c3ccccc3)c2c1[2H].[2H]c1c([2H])c([2H])c2c(-c3ccc4oc5ccc6cc(C)ccc6c5c4c3)c3c([2H])c([2H])c([2H])c([2H])c3c(-c3ccccc3)c2c1[2H]. The van der Waals surface area contributed by atoms with E-state index in [0.717, 1.165) is 114 Å². The lowest BCUT2D eigenvalue weighted by Gasteiger charge is -2.19. The third-order valence-corrected chi connectivity index (χ3v) is 24.9. The molecule has 0 radical (unpaired) electrons. The van der Waals surface area contributed by atoms with E-state index in [1.165, 1.54) is 0 Å². The maximum Gasteiger partial charge on any atom is 0.136 e. The average Bonchev–Trinajstić information content (AvgIpc) is 0.950. The van der Waals surface area contributed by atoms with Gasteiger partial charge in [-0.3, -0.25) is 0 Å². The molecule has 3 nitrogen and oxygen atoms in total. The Labute approximate surface area is 771 Å². The Morgan fingerprint density at radius 2 is 0.445 bits per heavy atom. The zero-order valence-electron chi connectivity index (χ0n) is 92.2. The summed E-state index contributed by atoms with van der Waals surface area (Å²) in [4.78, 5) is 0. The molecule has 596 valence electrons. The summed E-state index contributed by atoms with van der Waals surface area (Å²) in [6.45, 7) is 2.04. The summed E-state index contributed by atoms with van der Waals surface area (Å²) in [7, 11) is 0. The average molecular weight is 1650 g/mol. The van der Waals surface area contributed by atoms with E-state index in [1.807, 2.05) is 165 Å². The largest absolute Gasteiger partial charge is 0.456 e. The molecule has 0 bridgehead atoms. The third-order valence-electron chi connectivity index (χ3n) is 24.9. The van der Waals surface area contributed by atoms with Gasteiger partial charge in [-0.1, -0.05) is 399 Å². The van der Waals surface area contributed by atoms with E-state index in [-0.39, 0.29) is 137 Å². The van der Waals surface area contributed by atoms with E-state index < -0.39 is 72.5 Å². The summed E-state index contributed by atoms with van der Waals surface area (Å²) in [6.07, 6.45) is 0. The zero-order chi connectivity index (χ0) is 105. The molecule has 24 aromatic carbocycles. The lowest BCUT2D eigenvalue weighted by molar-refractivity contribution is 0.669. The van der Waals surface area contributed by atoms with Crippen molar-refractivity contribution in [2.45, 2.75) is 6.92 Å². The van der Waals surface area contributed by atoms with Crippen LogP contribution in [0.15, 0.2) is 468 Å². The number of benzene rings is 24. The molecule has 0 spiro atoms. The quantitative estimate of drug-likeness (QED) is 0.142. The van der Waals surface area contributed by atoms with Gasteiger partial charge in [-0.2, -0.15) is 0 Å². The Kier molecular flexibility index (Phi) is 12.7. The van der Waals surface area contributed by atoms with Gasteiger partial charge in [0, 0.05) is 32.3 Å². The van der Waals surface area contributed by atoms with Gasteiger partial charge in [0.05, 0.1) is 32.9 Å². The van der Waals surface area contributed by atoms with Gasteiger partial charge in [-0.15, -0.1) is 0 Å². The van der Waals surface area contributed by atoms with E-state index in [9.17, 15) is 8.22 Å². The van der Waals surface area contributed by atoms with Crippen molar-refractivity contribution in [2.75, 3.05) is 0 Å². The van der Waals surface area contributed by atoms with Crippen molar-refractivity contribution in [3.8, 4) is 89.0 Å². The fourth-order valence-corrected chi connectivity index (χ4v) is 19.3. The van der Waals surface area contributed by atoms with Gasteiger partial charge in [-0.25, -0.2) is 0 Å². The highest BCUT2D eigenvalue weighted by atomic mass is 16.3. The van der Waals surface area contributed by atoms with E-state index in [1.54, 1.807) is 84.9 Å². The van der Waals surface area contributed by atoms with Crippen LogP contribution in [0.4, 0.5) is 0 Å². The molecule has 0 aliphatic carbocycles. The first-order valence-electron chi connectivity index (χ1n) is 54.1. The van der Waals surface area contributed by atoms with E-state index in [0.29, 0.717) is 89.1 Å². The molecule has 0 saturated heterocycles. The Hall–Kier alpha value is -16.7. The number of hydrogen-bond acceptors (Lipinski definition) is 3. The van der Waals surface area contributed by atoms with Crippen LogP contribution in [0, 0.1) is 6.92 Å². The first-order chi connectivity index (χ1) is 73.4. The van der Waals surface area contributed by atoms with E-state index in [2.05, 4.69) is 66.7 Å². The number of fused-ring (bicyclic) bond motifs is 22. The van der Waals surface area contributed by atoms with Crippen molar-refractivity contribution in [3.63, 3.8) is 0 Å². The lowest BCUT2D eigenvalue weighted by atomic mass is 9.84. The van der Waals surface area contributed by atoms with Gasteiger partial charge in [0.1, 0.15) is 33.5 Å². The predicted molar refractivity (Wildman–Crippen MR) is 544 cm³/mol. The van der Waals surface area contributed by atoms with Gasteiger partial charge in [0.25, 0.3) is 0 Å². The maximum atomic E-state index is 9.35. The van der Waals surface area contributed by atoms with Crippen molar-refractivity contribution >= 4 is 174 Å². The van der Waals surface area contributed by atoms with Crippen LogP contribution >= 0.6 is 0 Å². The molecule has 0 unspecified atom stereocenters. The minimum absolute atomic E-state index is 0.182. The molecular formula is C125H78O3. The van der Waals surface area contributed by atoms with Crippen LogP contribution < -0.4 is 0 Å². The van der Waals surface area contributed by atoms with Crippen molar-refractivity contribution in [3.05, 3.63) is 460 Å². The van der Waals surface area contributed by atoms with Crippen molar-refractivity contribution in [1.82, 2.24) is 0 Å². The summed E-state index contributed by atoms with van der Waals surface area (Å²) in [5, 5.41) is 15.5. The zero-order valence-corrected chi connectivity index (χ0v) is 68.2. The minimum Gasteiger partial charge on any atom is -0.456 e. The maximum absolute atomic E-state index is 9.35.